The first-order chi connectivity index (χ1) is 16.8. The van der Waals surface area contributed by atoms with Gasteiger partial charge < -0.3 is 14.6 Å². The van der Waals surface area contributed by atoms with E-state index in [2.05, 4.69) is 5.32 Å². The maximum atomic E-state index is 13.2. The lowest BCUT2D eigenvalue weighted by atomic mass is 10.1. The molecule has 1 aromatic heterocycles. The number of ether oxygens (including phenoxy) is 1. The zero-order valence-electron chi connectivity index (χ0n) is 19.7. The van der Waals surface area contributed by atoms with Gasteiger partial charge in [-0.05, 0) is 75.4 Å². The van der Waals surface area contributed by atoms with E-state index >= 15 is 0 Å². The number of carbonyl (C=O) groups excluding carboxylic acids is 2. The standard InChI is InChI=1S/C28H26N2O5/c1-28(2,3)35-34-27(32)24-15-14-23(33-22-12-5-4-6-13-22)19-25(24)29-26(31)20-10-9-11-21(18-20)30-16-7-8-17-30/h4-19H,1-3H3,(H,29,31). The van der Waals surface area contributed by atoms with Crippen LogP contribution in [-0.2, 0) is 9.78 Å². The molecule has 0 aliphatic carbocycles. The normalized spacial score (nSPS) is 11.1. The molecule has 7 nitrogen and oxygen atoms in total. The van der Waals surface area contributed by atoms with Crippen LogP contribution in [0.4, 0.5) is 5.69 Å². The van der Waals surface area contributed by atoms with Gasteiger partial charge in [0.25, 0.3) is 5.91 Å². The molecule has 178 valence electrons. The molecular weight excluding hydrogens is 444 g/mol. The number of nitrogens with zero attached hydrogens (tertiary/aromatic N) is 1. The second kappa shape index (κ2) is 10.3. The summed E-state index contributed by atoms with van der Waals surface area (Å²) in [6.07, 6.45) is 3.79. The second-order valence-corrected chi connectivity index (χ2v) is 8.78. The SMILES string of the molecule is CC(C)(C)OOC(=O)c1ccc(Oc2ccccc2)cc1NC(=O)c1cccc(-n2cccc2)c1. The first kappa shape index (κ1) is 23.8. The number of aromatic nitrogens is 1. The van der Waals surface area contributed by atoms with Gasteiger partial charge in [0.1, 0.15) is 17.1 Å². The second-order valence-electron chi connectivity index (χ2n) is 8.78. The van der Waals surface area contributed by atoms with E-state index in [-0.39, 0.29) is 17.2 Å². The van der Waals surface area contributed by atoms with Gasteiger partial charge in [-0.25, -0.2) is 4.79 Å². The lowest BCUT2D eigenvalue weighted by Crippen LogP contribution is -2.23. The highest BCUT2D eigenvalue weighted by atomic mass is 17.2. The largest absolute Gasteiger partial charge is 0.457 e. The molecule has 0 aliphatic rings. The summed E-state index contributed by atoms with van der Waals surface area (Å²) in [5.74, 6) is -0.0549. The fourth-order valence-electron chi connectivity index (χ4n) is 3.21. The first-order valence-electron chi connectivity index (χ1n) is 11.1. The summed E-state index contributed by atoms with van der Waals surface area (Å²) in [7, 11) is 0. The Hall–Kier alpha value is -4.36. The minimum Gasteiger partial charge on any atom is -0.457 e. The van der Waals surface area contributed by atoms with E-state index in [4.69, 9.17) is 14.5 Å². The van der Waals surface area contributed by atoms with Gasteiger partial charge in [-0.15, -0.1) is 0 Å². The maximum Gasteiger partial charge on any atom is 0.375 e. The summed E-state index contributed by atoms with van der Waals surface area (Å²) >= 11 is 0. The van der Waals surface area contributed by atoms with Crippen molar-refractivity contribution in [1.82, 2.24) is 4.57 Å². The lowest BCUT2D eigenvalue weighted by molar-refractivity contribution is -0.301. The number of rotatable bonds is 7. The minimum absolute atomic E-state index is 0.129. The van der Waals surface area contributed by atoms with E-state index in [0.29, 0.717) is 17.1 Å². The third kappa shape index (κ3) is 6.37. The predicted octanol–water partition coefficient (Wildman–Crippen LogP) is 6.41. The average molecular weight is 471 g/mol. The number of hydrogen-bond donors (Lipinski definition) is 1. The van der Waals surface area contributed by atoms with Crippen LogP contribution in [0.1, 0.15) is 41.5 Å². The van der Waals surface area contributed by atoms with Crippen molar-refractivity contribution in [2.45, 2.75) is 26.4 Å². The Morgan fingerprint density at radius 2 is 1.54 bits per heavy atom. The Bertz CT molecular complexity index is 1310. The van der Waals surface area contributed by atoms with E-state index < -0.39 is 11.6 Å². The molecule has 0 fully saturated rings. The highest BCUT2D eigenvalue weighted by molar-refractivity contribution is 6.08. The van der Waals surface area contributed by atoms with E-state index in [1.807, 2.05) is 65.5 Å². The topological polar surface area (TPSA) is 78.8 Å². The van der Waals surface area contributed by atoms with Crippen LogP contribution in [0.25, 0.3) is 5.69 Å². The van der Waals surface area contributed by atoms with Crippen LogP contribution >= 0.6 is 0 Å². The number of para-hydroxylation sites is 1. The van der Waals surface area contributed by atoms with Gasteiger partial charge in [0.15, 0.2) is 0 Å². The summed E-state index contributed by atoms with van der Waals surface area (Å²) in [4.78, 5) is 36.1. The fraction of sp³-hybridized carbons (Fsp3) is 0.143. The van der Waals surface area contributed by atoms with Crippen molar-refractivity contribution < 1.29 is 24.1 Å². The quantitative estimate of drug-likeness (QED) is 0.249. The van der Waals surface area contributed by atoms with Crippen molar-refractivity contribution in [2.24, 2.45) is 0 Å². The maximum absolute atomic E-state index is 13.2. The summed E-state index contributed by atoms with van der Waals surface area (Å²) in [5.41, 5.74) is 0.939. The summed E-state index contributed by atoms with van der Waals surface area (Å²) < 4.78 is 7.79. The van der Waals surface area contributed by atoms with Gasteiger partial charge in [0.2, 0.25) is 0 Å². The molecule has 1 amide bonds. The molecule has 0 bridgehead atoms. The number of carbonyl (C=O) groups is 2. The van der Waals surface area contributed by atoms with Crippen LogP contribution in [0.3, 0.4) is 0 Å². The van der Waals surface area contributed by atoms with Crippen LogP contribution in [0, 0.1) is 0 Å². The highest BCUT2D eigenvalue weighted by Gasteiger charge is 2.21. The Balaban J connectivity index is 1.62. The van der Waals surface area contributed by atoms with Crippen molar-refractivity contribution in [3.05, 3.63) is 108 Å². The molecule has 3 aromatic carbocycles. The Morgan fingerprint density at radius 3 is 2.26 bits per heavy atom. The average Bonchev–Trinajstić information content (AvgIpc) is 3.38. The molecule has 0 aliphatic heterocycles. The molecular formula is C28H26N2O5. The molecule has 4 rings (SSSR count). The number of benzene rings is 3. The predicted molar refractivity (Wildman–Crippen MR) is 133 cm³/mol. The number of hydrogen-bond acceptors (Lipinski definition) is 5. The first-order valence-corrected chi connectivity index (χ1v) is 11.1. The van der Waals surface area contributed by atoms with Crippen LogP contribution in [-0.4, -0.2) is 22.0 Å². The summed E-state index contributed by atoms with van der Waals surface area (Å²) in [5, 5.41) is 2.82. The Morgan fingerprint density at radius 1 is 0.800 bits per heavy atom. The van der Waals surface area contributed by atoms with Crippen molar-refractivity contribution in [3.63, 3.8) is 0 Å². The zero-order valence-corrected chi connectivity index (χ0v) is 19.7. The smallest absolute Gasteiger partial charge is 0.375 e. The van der Waals surface area contributed by atoms with Crippen molar-refractivity contribution in [2.75, 3.05) is 5.32 Å². The fourth-order valence-corrected chi connectivity index (χ4v) is 3.21. The molecule has 0 saturated carbocycles. The zero-order chi connectivity index (χ0) is 24.8. The molecule has 1 heterocycles. The molecule has 35 heavy (non-hydrogen) atoms. The van der Waals surface area contributed by atoms with Crippen molar-refractivity contribution in [3.8, 4) is 17.2 Å². The van der Waals surface area contributed by atoms with E-state index in [0.717, 1.165) is 5.69 Å². The number of amides is 1. The van der Waals surface area contributed by atoms with Crippen LogP contribution in [0.2, 0.25) is 0 Å². The Labute approximate surface area is 203 Å². The lowest BCUT2D eigenvalue weighted by Gasteiger charge is -2.18. The van der Waals surface area contributed by atoms with Crippen LogP contribution in [0.15, 0.2) is 97.3 Å². The van der Waals surface area contributed by atoms with E-state index in [1.54, 1.807) is 51.1 Å². The summed E-state index contributed by atoms with van der Waals surface area (Å²) in [6, 6.07) is 24.9. The minimum atomic E-state index is -0.734. The summed E-state index contributed by atoms with van der Waals surface area (Å²) in [6.45, 7) is 5.28. The molecule has 0 unspecified atom stereocenters. The van der Waals surface area contributed by atoms with E-state index in [1.165, 1.54) is 6.07 Å². The van der Waals surface area contributed by atoms with Gasteiger partial charge in [-0.1, -0.05) is 24.3 Å². The molecule has 4 aromatic rings. The third-order valence-electron chi connectivity index (χ3n) is 4.82. The number of nitrogens with one attached hydrogen (secondary N) is 1. The molecule has 0 spiro atoms. The number of anilines is 1. The van der Waals surface area contributed by atoms with Crippen LogP contribution < -0.4 is 10.1 Å². The monoisotopic (exact) mass is 470 g/mol. The molecule has 7 heteroatoms. The van der Waals surface area contributed by atoms with Gasteiger partial charge in [0, 0.05) is 29.7 Å². The van der Waals surface area contributed by atoms with Crippen molar-refractivity contribution >= 4 is 17.6 Å². The molecule has 0 atom stereocenters. The highest BCUT2D eigenvalue weighted by Crippen LogP contribution is 2.28. The van der Waals surface area contributed by atoms with Gasteiger partial charge >= 0.3 is 5.97 Å². The third-order valence-corrected chi connectivity index (χ3v) is 4.82. The molecule has 1 N–H and O–H groups in total. The molecule has 0 radical (unpaired) electrons. The van der Waals surface area contributed by atoms with E-state index in [9.17, 15) is 9.59 Å². The van der Waals surface area contributed by atoms with Gasteiger partial charge in [-0.2, -0.15) is 4.89 Å². The molecule has 0 saturated heterocycles. The van der Waals surface area contributed by atoms with Gasteiger partial charge in [-0.3, -0.25) is 9.68 Å². The van der Waals surface area contributed by atoms with Crippen molar-refractivity contribution in [1.29, 1.82) is 0 Å². The Kier molecular flexibility index (Phi) is 6.98. The van der Waals surface area contributed by atoms with Gasteiger partial charge in [0.05, 0.1) is 11.3 Å². The van der Waals surface area contributed by atoms with Crippen LogP contribution in [0.5, 0.6) is 11.5 Å².